The summed E-state index contributed by atoms with van der Waals surface area (Å²) in [6.07, 6.45) is 3.90. The highest BCUT2D eigenvalue weighted by Crippen LogP contribution is 2.22. The Morgan fingerprint density at radius 1 is 0.560 bits per heavy atom. The summed E-state index contributed by atoms with van der Waals surface area (Å²) >= 11 is 0. The highest BCUT2D eigenvalue weighted by atomic mass is 16.6. The van der Waals surface area contributed by atoms with Crippen molar-refractivity contribution in [3.63, 3.8) is 0 Å². The molecule has 50 heavy (non-hydrogen) atoms. The number of carbonyl (C=O) groups excluding carboxylic acids is 1. The van der Waals surface area contributed by atoms with E-state index in [0.29, 0.717) is 13.2 Å². The van der Waals surface area contributed by atoms with E-state index in [0.717, 1.165) is 41.5 Å². The van der Waals surface area contributed by atoms with E-state index in [1.54, 1.807) is 0 Å². The predicted molar refractivity (Wildman–Crippen MR) is 198 cm³/mol. The topological polar surface area (TPSA) is 86.3 Å². The maximum atomic E-state index is 14.1. The molecular formula is C43H55NO6. The highest BCUT2D eigenvalue weighted by molar-refractivity contribution is 5.81. The zero-order valence-electron chi connectivity index (χ0n) is 29.5. The van der Waals surface area contributed by atoms with E-state index in [9.17, 15) is 9.90 Å². The Hall–Kier alpha value is -3.85. The van der Waals surface area contributed by atoms with Crippen molar-refractivity contribution in [3.8, 4) is 0 Å². The SMILES string of the molecule is CCCCCCCCCNC(=O)[C@H](OCc1ccccc1)[C@@H](OCc1ccccc1)[C@H](OCc1ccccc1)[C@H](O)COCc1ccccc1. The van der Waals surface area contributed by atoms with Gasteiger partial charge in [0.2, 0.25) is 0 Å². The number of carbonyl (C=O) groups is 1. The summed E-state index contributed by atoms with van der Waals surface area (Å²) in [4.78, 5) is 14.1. The Labute approximate surface area is 298 Å². The van der Waals surface area contributed by atoms with Gasteiger partial charge in [-0.3, -0.25) is 4.79 Å². The number of nitrogens with one attached hydrogen (secondary N) is 1. The van der Waals surface area contributed by atoms with Crippen LogP contribution in [0.2, 0.25) is 0 Å². The van der Waals surface area contributed by atoms with Crippen LogP contribution in [0.15, 0.2) is 121 Å². The molecule has 4 aromatic rings. The second-order valence-corrected chi connectivity index (χ2v) is 12.7. The maximum absolute atomic E-state index is 14.1. The first-order valence-electron chi connectivity index (χ1n) is 18.2. The summed E-state index contributed by atoms with van der Waals surface area (Å²) in [5, 5.41) is 14.9. The van der Waals surface area contributed by atoms with E-state index >= 15 is 0 Å². The van der Waals surface area contributed by atoms with Crippen molar-refractivity contribution in [2.24, 2.45) is 0 Å². The molecule has 4 rings (SSSR count). The van der Waals surface area contributed by atoms with Gasteiger partial charge in [-0.05, 0) is 28.7 Å². The quantitative estimate of drug-likeness (QED) is 0.0687. The van der Waals surface area contributed by atoms with Gasteiger partial charge in [-0.1, -0.05) is 167 Å². The van der Waals surface area contributed by atoms with Crippen LogP contribution in [0.25, 0.3) is 0 Å². The number of rotatable bonds is 25. The average Bonchev–Trinajstić information content (AvgIpc) is 3.16. The first-order chi connectivity index (χ1) is 24.6. The maximum Gasteiger partial charge on any atom is 0.251 e. The largest absolute Gasteiger partial charge is 0.388 e. The van der Waals surface area contributed by atoms with Gasteiger partial charge in [0.1, 0.15) is 18.3 Å². The number of ether oxygens (including phenoxy) is 4. The van der Waals surface area contributed by atoms with Gasteiger partial charge in [0, 0.05) is 6.54 Å². The van der Waals surface area contributed by atoms with E-state index < -0.39 is 24.4 Å². The summed E-state index contributed by atoms with van der Waals surface area (Å²) < 4.78 is 25.5. The molecule has 7 nitrogen and oxygen atoms in total. The van der Waals surface area contributed by atoms with Crippen molar-refractivity contribution in [1.82, 2.24) is 5.32 Å². The third-order valence-electron chi connectivity index (χ3n) is 8.58. The second kappa shape index (κ2) is 23.5. The fourth-order valence-corrected chi connectivity index (χ4v) is 5.75. The summed E-state index contributed by atoms with van der Waals surface area (Å²) in [5.41, 5.74) is 3.78. The fourth-order valence-electron chi connectivity index (χ4n) is 5.75. The molecule has 0 aliphatic heterocycles. The van der Waals surface area contributed by atoms with Gasteiger partial charge in [0.05, 0.1) is 33.0 Å². The first kappa shape index (κ1) is 38.9. The molecular weight excluding hydrogens is 626 g/mol. The number of benzene rings is 4. The van der Waals surface area contributed by atoms with Crippen LogP contribution in [0.1, 0.15) is 74.1 Å². The third-order valence-corrected chi connectivity index (χ3v) is 8.58. The molecule has 0 saturated heterocycles. The number of aliphatic hydroxyl groups excluding tert-OH is 1. The van der Waals surface area contributed by atoms with Gasteiger partial charge >= 0.3 is 0 Å². The van der Waals surface area contributed by atoms with Crippen LogP contribution < -0.4 is 5.32 Å². The lowest BCUT2D eigenvalue weighted by Crippen LogP contribution is -2.55. The van der Waals surface area contributed by atoms with Crippen molar-refractivity contribution >= 4 is 5.91 Å². The molecule has 1 amide bonds. The fraction of sp³-hybridized carbons (Fsp3) is 0.419. The molecule has 4 aromatic carbocycles. The Balaban J connectivity index is 1.57. The lowest BCUT2D eigenvalue weighted by Gasteiger charge is -2.35. The van der Waals surface area contributed by atoms with Gasteiger partial charge in [-0.2, -0.15) is 0 Å². The third kappa shape index (κ3) is 14.6. The minimum Gasteiger partial charge on any atom is -0.388 e. The van der Waals surface area contributed by atoms with E-state index in [2.05, 4.69) is 12.2 Å². The van der Waals surface area contributed by atoms with E-state index in [1.807, 2.05) is 121 Å². The van der Waals surface area contributed by atoms with Crippen molar-refractivity contribution in [3.05, 3.63) is 144 Å². The zero-order chi connectivity index (χ0) is 35.1. The predicted octanol–water partition coefficient (Wildman–Crippen LogP) is 8.19. The molecule has 0 saturated carbocycles. The Kier molecular flexibility index (Phi) is 18.3. The highest BCUT2D eigenvalue weighted by Gasteiger charge is 2.41. The minimum absolute atomic E-state index is 0.0232. The standard InChI is InChI=1S/C43H55NO6/c1-2-3-4-5-6-7-20-29-44-43(46)42(50-33-38-27-18-11-19-28-38)41(49-32-37-25-16-10-17-26-37)40(48-31-36-23-14-9-15-24-36)39(45)34-47-30-35-21-12-8-13-22-35/h8-19,21-28,39-42,45H,2-7,20,29-34H2,1H3,(H,44,46)/t39-,40-,41+,42-/m1/s1. The zero-order valence-corrected chi connectivity index (χ0v) is 29.5. The lowest BCUT2D eigenvalue weighted by molar-refractivity contribution is -0.191. The van der Waals surface area contributed by atoms with Gasteiger partial charge in [0.25, 0.3) is 5.91 Å². The van der Waals surface area contributed by atoms with E-state index in [-0.39, 0.29) is 32.3 Å². The number of hydrogen-bond acceptors (Lipinski definition) is 6. The van der Waals surface area contributed by atoms with Crippen LogP contribution in [-0.4, -0.2) is 48.6 Å². The molecule has 0 aliphatic carbocycles. The Morgan fingerprint density at radius 2 is 0.980 bits per heavy atom. The molecule has 7 heteroatoms. The van der Waals surface area contributed by atoms with Gasteiger partial charge in [-0.25, -0.2) is 0 Å². The normalized spacial score (nSPS) is 13.7. The molecule has 4 atom stereocenters. The average molecular weight is 682 g/mol. The molecule has 0 fully saturated rings. The number of unbranched alkanes of at least 4 members (excludes halogenated alkanes) is 6. The van der Waals surface area contributed by atoms with Crippen LogP contribution in [0, 0.1) is 0 Å². The van der Waals surface area contributed by atoms with Crippen molar-refractivity contribution in [2.45, 2.75) is 103 Å². The monoisotopic (exact) mass is 681 g/mol. The molecule has 0 unspecified atom stereocenters. The molecule has 0 bridgehead atoms. The summed E-state index contributed by atoms with van der Waals surface area (Å²) in [6.45, 7) is 3.64. The lowest BCUT2D eigenvalue weighted by atomic mass is 10.0. The number of aliphatic hydroxyl groups is 1. The van der Waals surface area contributed by atoms with Crippen molar-refractivity contribution in [2.75, 3.05) is 13.2 Å². The Morgan fingerprint density at radius 3 is 1.48 bits per heavy atom. The molecule has 0 aliphatic rings. The van der Waals surface area contributed by atoms with Crippen LogP contribution in [-0.2, 0) is 50.2 Å². The van der Waals surface area contributed by atoms with Crippen LogP contribution in [0.5, 0.6) is 0 Å². The van der Waals surface area contributed by atoms with Gasteiger partial charge in [0.15, 0.2) is 6.10 Å². The van der Waals surface area contributed by atoms with E-state index in [1.165, 1.54) is 25.7 Å². The summed E-state index contributed by atoms with van der Waals surface area (Å²) in [6, 6.07) is 39.1. The van der Waals surface area contributed by atoms with Crippen molar-refractivity contribution < 1.29 is 28.8 Å². The summed E-state index contributed by atoms with van der Waals surface area (Å²) in [5.74, 6) is -0.296. The molecule has 0 aromatic heterocycles. The first-order valence-corrected chi connectivity index (χ1v) is 18.2. The van der Waals surface area contributed by atoms with Gasteiger partial charge < -0.3 is 29.4 Å². The molecule has 0 heterocycles. The number of amides is 1. The summed E-state index contributed by atoms with van der Waals surface area (Å²) in [7, 11) is 0. The molecule has 268 valence electrons. The van der Waals surface area contributed by atoms with Gasteiger partial charge in [-0.15, -0.1) is 0 Å². The van der Waals surface area contributed by atoms with Crippen LogP contribution in [0.3, 0.4) is 0 Å². The molecule has 0 radical (unpaired) electrons. The molecule has 2 N–H and O–H groups in total. The Bertz CT molecular complexity index is 1420. The second-order valence-electron chi connectivity index (χ2n) is 12.7. The van der Waals surface area contributed by atoms with Crippen LogP contribution >= 0.6 is 0 Å². The van der Waals surface area contributed by atoms with E-state index in [4.69, 9.17) is 18.9 Å². The van der Waals surface area contributed by atoms with Crippen molar-refractivity contribution in [1.29, 1.82) is 0 Å². The smallest absolute Gasteiger partial charge is 0.251 e. The minimum atomic E-state index is -1.12. The van der Waals surface area contributed by atoms with Crippen LogP contribution in [0.4, 0.5) is 0 Å². The molecule has 0 spiro atoms. The number of hydrogen-bond donors (Lipinski definition) is 2.